The average molecular weight is 664 g/mol. The van der Waals surface area contributed by atoms with Crippen LogP contribution in [-0.4, -0.2) is 0 Å². The number of nitrogens with zero attached hydrogens (tertiary/aromatic N) is 1. The molecule has 0 spiro atoms. The van der Waals surface area contributed by atoms with Gasteiger partial charge in [-0.2, -0.15) is 0 Å². The van der Waals surface area contributed by atoms with Crippen molar-refractivity contribution in [2.75, 3.05) is 4.90 Å². The van der Waals surface area contributed by atoms with Gasteiger partial charge in [-0.15, -0.1) is 0 Å². The first-order chi connectivity index (χ1) is 25.8. The molecule has 52 heavy (non-hydrogen) atoms. The summed E-state index contributed by atoms with van der Waals surface area (Å²) in [6.07, 6.45) is 0. The molecule has 0 bridgehead atoms. The van der Waals surface area contributed by atoms with Crippen molar-refractivity contribution in [2.24, 2.45) is 0 Å². The Morgan fingerprint density at radius 1 is 0.327 bits per heavy atom. The predicted octanol–water partition coefficient (Wildman–Crippen LogP) is 14.4. The molecule has 1 aromatic heterocycles. The van der Waals surface area contributed by atoms with E-state index in [1.165, 1.54) is 32.3 Å². The summed E-state index contributed by atoms with van der Waals surface area (Å²) in [5, 5.41) is 8.45. The Bertz CT molecular complexity index is 2860. The van der Waals surface area contributed by atoms with E-state index in [4.69, 9.17) is 4.42 Å². The molecule has 2 nitrogen and oxygen atoms in total. The van der Waals surface area contributed by atoms with E-state index in [-0.39, 0.29) is 0 Å². The van der Waals surface area contributed by atoms with E-state index >= 15 is 0 Å². The molecule has 0 saturated heterocycles. The fourth-order valence-electron chi connectivity index (χ4n) is 7.75. The Kier molecular flexibility index (Phi) is 7.18. The van der Waals surface area contributed by atoms with E-state index < -0.39 is 0 Å². The number of hydrogen-bond donors (Lipinski definition) is 0. The summed E-state index contributed by atoms with van der Waals surface area (Å²) in [5.74, 6) is 0.865. The van der Waals surface area contributed by atoms with Crippen LogP contribution in [0.3, 0.4) is 0 Å². The lowest BCUT2D eigenvalue weighted by Gasteiger charge is -2.29. The van der Waals surface area contributed by atoms with Gasteiger partial charge in [0.15, 0.2) is 0 Å². The molecule has 10 rings (SSSR count). The minimum absolute atomic E-state index is 0.865. The second-order valence-corrected chi connectivity index (χ2v) is 13.3. The van der Waals surface area contributed by atoms with E-state index in [0.717, 1.165) is 61.6 Å². The second-order valence-electron chi connectivity index (χ2n) is 13.3. The van der Waals surface area contributed by atoms with E-state index in [1.54, 1.807) is 0 Å². The summed E-state index contributed by atoms with van der Waals surface area (Å²) in [4.78, 5) is 2.43. The number of benzene rings is 9. The van der Waals surface area contributed by atoms with Gasteiger partial charge < -0.3 is 9.32 Å². The smallest absolute Gasteiger partial charge is 0.136 e. The first kappa shape index (κ1) is 30.0. The molecule has 0 N–H and O–H groups in total. The number of hydrogen-bond acceptors (Lipinski definition) is 2. The zero-order chi connectivity index (χ0) is 34.4. The number of fused-ring (bicyclic) bond motifs is 5. The van der Waals surface area contributed by atoms with Gasteiger partial charge in [0.25, 0.3) is 0 Å². The molecule has 0 aliphatic rings. The van der Waals surface area contributed by atoms with Gasteiger partial charge in [0, 0.05) is 27.4 Å². The van der Waals surface area contributed by atoms with Gasteiger partial charge >= 0.3 is 0 Å². The number of rotatable bonds is 6. The van der Waals surface area contributed by atoms with Crippen LogP contribution in [0.1, 0.15) is 0 Å². The Morgan fingerprint density at radius 3 is 1.77 bits per heavy atom. The molecule has 0 amide bonds. The van der Waals surface area contributed by atoms with Gasteiger partial charge in [0.2, 0.25) is 0 Å². The van der Waals surface area contributed by atoms with E-state index in [9.17, 15) is 0 Å². The van der Waals surface area contributed by atoms with Gasteiger partial charge in [-0.3, -0.25) is 0 Å². The van der Waals surface area contributed by atoms with Gasteiger partial charge in [-0.1, -0.05) is 158 Å². The summed E-state index contributed by atoms with van der Waals surface area (Å²) in [6.45, 7) is 0. The predicted molar refractivity (Wildman–Crippen MR) is 220 cm³/mol. The van der Waals surface area contributed by atoms with Gasteiger partial charge in [0.1, 0.15) is 11.3 Å². The normalized spacial score (nSPS) is 11.5. The molecule has 1 heterocycles. The summed E-state index contributed by atoms with van der Waals surface area (Å²) in [6, 6.07) is 71.7. The van der Waals surface area contributed by atoms with Crippen molar-refractivity contribution >= 4 is 60.3 Å². The van der Waals surface area contributed by atoms with Crippen LogP contribution in [0.2, 0.25) is 0 Å². The minimum Gasteiger partial charge on any atom is -0.456 e. The lowest BCUT2D eigenvalue weighted by atomic mass is 9.93. The van der Waals surface area contributed by atoms with Crippen LogP contribution >= 0.6 is 0 Å². The Hall–Kier alpha value is -6.90. The molecule has 244 valence electrons. The fraction of sp³-hybridized carbons (Fsp3) is 0. The monoisotopic (exact) mass is 663 g/mol. The van der Waals surface area contributed by atoms with E-state index in [2.05, 4.69) is 193 Å². The highest BCUT2D eigenvalue weighted by atomic mass is 16.3. The van der Waals surface area contributed by atoms with E-state index in [1.807, 2.05) is 12.1 Å². The highest BCUT2D eigenvalue weighted by molar-refractivity contribution is 6.15. The van der Waals surface area contributed by atoms with Crippen LogP contribution in [0.5, 0.6) is 0 Å². The summed E-state index contributed by atoms with van der Waals surface area (Å²) in [7, 11) is 0. The first-order valence-electron chi connectivity index (χ1n) is 17.8. The molecule has 0 radical (unpaired) electrons. The zero-order valence-corrected chi connectivity index (χ0v) is 28.4. The van der Waals surface area contributed by atoms with Crippen molar-refractivity contribution in [3.05, 3.63) is 200 Å². The maximum atomic E-state index is 6.45. The SMILES string of the molecule is c1ccc(-c2ccc(-c3ccc(N(c4cccc5ccccc45)c4cc5ccccc5c5ccccc45)cc3)cc2-c2cc3ccccc3o2)cc1. The average Bonchev–Trinajstić information content (AvgIpc) is 3.66. The number of furan rings is 1. The number of anilines is 3. The maximum absolute atomic E-state index is 6.45. The zero-order valence-electron chi connectivity index (χ0n) is 28.4. The molecular weight excluding hydrogens is 631 g/mol. The maximum Gasteiger partial charge on any atom is 0.136 e. The largest absolute Gasteiger partial charge is 0.456 e. The lowest BCUT2D eigenvalue weighted by molar-refractivity contribution is 0.632. The third-order valence-corrected chi connectivity index (χ3v) is 10.2. The number of para-hydroxylation sites is 1. The molecule has 9 aromatic carbocycles. The Labute approximate surface area is 302 Å². The molecule has 0 aliphatic carbocycles. The highest BCUT2D eigenvalue weighted by Gasteiger charge is 2.20. The standard InChI is InChI=1S/C50H33NO/c1-2-13-35(14-3-1)42-30-27-37(31-46(42)50-33-39-17-6-11-24-49(39)52-50)34-25-28-40(29-26-34)51(47-23-12-18-36-15-4-8-20-43(36)47)48-32-38-16-5-7-19-41(38)44-21-9-10-22-45(44)48/h1-33H. The van der Waals surface area contributed by atoms with Crippen molar-refractivity contribution < 1.29 is 4.42 Å². The minimum atomic E-state index is 0.865. The molecular formula is C50H33NO. The van der Waals surface area contributed by atoms with Gasteiger partial charge in [0.05, 0.1) is 11.4 Å². The summed E-state index contributed by atoms with van der Waals surface area (Å²) in [5.41, 5.74) is 9.93. The first-order valence-corrected chi connectivity index (χ1v) is 17.8. The quantitative estimate of drug-likeness (QED) is 0.165. The van der Waals surface area contributed by atoms with Crippen LogP contribution in [0.25, 0.3) is 76.9 Å². The van der Waals surface area contributed by atoms with Crippen LogP contribution in [0.4, 0.5) is 17.1 Å². The van der Waals surface area contributed by atoms with Gasteiger partial charge in [-0.05, 0) is 86.3 Å². The third-order valence-electron chi connectivity index (χ3n) is 10.2. The highest BCUT2D eigenvalue weighted by Crippen LogP contribution is 2.45. The third kappa shape index (κ3) is 5.12. The molecule has 2 heteroatoms. The molecule has 10 aromatic rings. The molecule has 0 aliphatic heterocycles. The topological polar surface area (TPSA) is 16.4 Å². The Balaban J connectivity index is 1.14. The molecule has 0 unspecified atom stereocenters. The van der Waals surface area contributed by atoms with Crippen molar-refractivity contribution in [2.45, 2.75) is 0 Å². The van der Waals surface area contributed by atoms with Crippen molar-refractivity contribution in [1.29, 1.82) is 0 Å². The van der Waals surface area contributed by atoms with Crippen molar-refractivity contribution in [1.82, 2.24) is 0 Å². The van der Waals surface area contributed by atoms with Crippen molar-refractivity contribution in [3.8, 4) is 33.6 Å². The Morgan fingerprint density at radius 2 is 0.962 bits per heavy atom. The molecule has 0 atom stereocenters. The lowest BCUT2D eigenvalue weighted by Crippen LogP contribution is -2.11. The molecule has 0 fully saturated rings. The summed E-state index contributed by atoms with van der Waals surface area (Å²) < 4.78 is 6.45. The fourth-order valence-corrected chi connectivity index (χ4v) is 7.75. The summed E-state index contributed by atoms with van der Waals surface area (Å²) >= 11 is 0. The van der Waals surface area contributed by atoms with Crippen LogP contribution in [0, 0.1) is 0 Å². The van der Waals surface area contributed by atoms with Crippen LogP contribution in [-0.2, 0) is 0 Å². The second kappa shape index (κ2) is 12.5. The van der Waals surface area contributed by atoms with Crippen LogP contribution in [0.15, 0.2) is 205 Å². The van der Waals surface area contributed by atoms with Gasteiger partial charge in [-0.25, -0.2) is 0 Å². The van der Waals surface area contributed by atoms with Crippen LogP contribution < -0.4 is 4.90 Å². The molecule has 0 saturated carbocycles. The van der Waals surface area contributed by atoms with E-state index in [0.29, 0.717) is 0 Å². The van der Waals surface area contributed by atoms with Crippen molar-refractivity contribution in [3.63, 3.8) is 0 Å².